The first kappa shape index (κ1) is 17.8. The number of hydrazone groups is 1. The molecule has 8 heteroatoms. The summed E-state index contributed by atoms with van der Waals surface area (Å²) in [4.78, 5) is 19.6. The van der Waals surface area contributed by atoms with Crippen LogP contribution < -0.4 is 5.01 Å². The van der Waals surface area contributed by atoms with Crippen molar-refractivity contribution in [1.82, 2.24) is 9.97 Å². The van der Waals surface area contributed by atoms with Crippen molar-refractivity contribution < 1.29 is 9.53 Å². The van der Waals surface area contributed by atoms with Gasteiger partial charge in [-0.05, 0) is 36.8 Å². The molecule has 0 spiro atoms. The number of H-pyrrole nitrogens is 1. The number of anilines is 1. The summed E-state index contributed by atoms with van der Waals surface area (Å²) in [5, 5.41) is 9.69. The number of benzene rings is 1. The number of rotatable bonds is 5. The van der Waals surface area contributed by atoms with Crippen molar-refractivity contribution in [3.63, 3.8) is 0 Å². The first-order valence-electron chi connectivity index (χ1n) is 8.54. The fraction of sp³-hybridized carbons (Fsp3) is 0.211. The molecule has 138 valence electrons. The molecule has 0 radical (unpaired) electrons. The number of carbonyl (C=O) groups excluding carboxylic acids is 1. The molecule has 27 heavy (non-hydrogen) atoms. The average molecular weight is 401 g/mol. The minimum absolute atomic E-state index is 0.0261. The van der Waals surface area contributed by atoms with E-state index in [9.17, 15) is 4.79 Å². The smallest absolute Gasteiger partial charge is 0.357 e. The summed E-state index contributed by atoms with van der Waals surface area (Å²) < 4.78 is 5.04. The number of nitrogens with zero attached hydrogens (tertiary/aromatic N) is 3. The minimum atomic E-state index is -0.421. The lowest BCUT2D eigenvalue weighted by Crippen LogP contribution is -2.18. The van der Waals surface area contributed by atoms with Crippen molar-refractivity contribution >= 4 is 39.8 Å². The van der Waals surface area contributed by atoms with Crippen molar-refractivity contribution in [2.24, 2.45) is 5.10 Å². The number of carbonyl (C=O) groups is 1. The van der Waals surface area contributed by atoms with Crippen LogP contribution in [0.4, 0.5) is 5.13 Å². The van der Waals surface area contributed by atoms with Gasteiger partial charge >= 0.3 is 5.97 Å². The number of thiazole rings is 1. The van der Waals surface area contributed by atoms with E-state index < -0.39 is 5.97 Å². The maximum Gasteiger partial charge on any atom is 0.357 e. The molecule has 0 saturated carbocycles. The van der Waals surface area contributed by atoms with E-state index in [1.165, 1.54) is 11.3 Å². The summed E-state index contributed by atoms with van der Waals surface area (Å²) in [5.74, 6) is -0.421. The monoisotopic (exact) mass is 400 g/mol. The molecule has 0 fully saturated rings. The van der Waals surface area contributed by atoms with Crippen LogP contribution in [0.25, 0.3) is 0 Å². The first-order chi connectivity index (χ1) is 13.2. The van der Waals surface area contributed by atoms with Crippen LogP contribution in [0.5, 0.6) is 0 Å². The van der Waals surface area contributed by atoms with E-state index in [2.05, 4.69) is 9.97 Å². The Morgan fingerprint density at radius 2 is 2.19 bits per heavy atom. The SMILES string of the molecule is CCOC(=O)c1csc(N2N=C(c3ccc[nH]3)CC2c2ccc(Cl)cc2)n1. The zero-order valence-corrected chi connectivity index (χ0v) is 16.1. The van der Waals surface area contributed by atoms with E-state index in [1.807, 2.05) is 47.6 Å². The topological polar surface area (TPSA) is 70.6 Å². The Balaban J connectivity index is 1.69. The van der Waals surface area contributed by atoms with Gasteiger partial charge in [-0.2, -0.15) is 5.10 Å². The minimum Gasteiger partial charge on any atom is -0.461 e. The number of esters is 1. The van der Waals surface area contributed by atoms with Crippen molar-refractivity contribution in [3.05, 3.63) is 69.9 Å². The molecule has 3 heterocycles. The van der Waals surface area contributed by atoms with Crippen LogP contribution in [-0.4, -0.2) is 28.3 Å². The van der Waals surface area contributed by atoms with E-state index in [0.29, 0.717) is 22.5 Å². The maximum atomic E-state index is 12.0. The van der Waals surface area contributed by atoms with Crippen molar-refractivity contribution in [2.45, 2.75) is 19.4 Å². The van der Waals surface area contributed by atoms with E-state index in [1.54, 1.807) is 12.3 Å². The second-order valence-corrected chi connectivity index (χ2v) is 7.26. The van der Waals surface area contributed by atoms with E-state index in [0.717, 1.165) is 23.4 Å². The molecule has 1 aliphatic heterocycles. The molecule has 4 rings (SSSR count). The molecular weight excluding hydrogens is 384 g/mol. The highest BCUT2D eigenvalue weighted by Crippen LogP contribution is 2.38. The predicted octanol–water partition coefficient (Wildman–Crippen LogP) is 4.66. The molecule has 1 aliphatic rings. The Labute approximate surface area is 165 Å². The van der Waals surface area contributed by atoms with Crippen LogP contribution >= 0.6 is 22.9 Å². The van der Waals surface area contributed by atoms with Crippen LogP contribution in [0, 0.1) is 0 Å². The van der Waals surface area contributed by atoms with Gasteiger partial charge in [0.1, 0.15) is 0 Å². The third-order valence-electron chi connectivity index (χ3n) is 4.25. The number of aromatic nitrogens is 2. The number of hydrogen-bond acceptors (Lipinski definition) is 6. The zero-order valence-electron chi connectivity index (χ0n) is 14.6. The van der Waals surface area contributed by atoms with E-state index in [-0.39, 0.29) is 6.04 Å². The molecule has 0 saturated heterocycles. The highest BCUT2D eigenvalue weighted by molar-refractivity contribution is 7.13. The number of hydrogen-bond donors (Lipinski definition) is 1. The fourth-order valence-electron chi connectivity index (χ4n) is 2.97. The lowest BCUT2D eigenvalue weighted by atomic mass is 10.0. The third-order valence-corrected chi connectivity index (χ3v) is 5.33. The van der Waals surface area contributed by atoms with Crippen LogP contribution in [0.3, 0.4) is 0 Å². The lowest BCUT2D eigenvalue weighted by Gasteiger charge is -2.21. The summed E-state index contributed by atoms with van der Waals surface area (Å²) in [6.45, 7) is 2.09. The number of aromatic amines is 1. The van der Waals surface area contributed by atoms with E-state index in [4.69, 9.17) is 21.4 Å². The Morgan fingerprint density at radius 3 is 2.89 bits per heavy atom. The van der Waals surface area contributed by atoms with Crippen molar-refractivity contribution in [2.75, 3.05) is 11.6 Å². The lowest BCUT2D eigenvalue weighted by molar-refractivity contribution is 0.0520. The van der Waals surface area contributed by atoms with E-state index >= 15 is 0 Å². The van der Waals surface area contributed by atoms with Gasteiger partial charge < -0.3 is 9.72 Å². The van der Waals surface area contributed by atoms with Gasteiger partial charge in [-0.3, -0.25) is 0 Å². The third kappa shape index (κ3) is 3.61. The first-order valence-corrected chi connectivity index (χ1v) is 9.80. The molecular formula is C19H17ClN4O2S. The summed E-state index contributed by atoms with van der Waals surface area (Å²) in [5.41, 5.74) is 3.29. The zero-order chi connectivity index (χ0) is 18.8. The second kappa shape index (κ2) is 7.54. The predicted molar refractivity (Wildman–Crippen MR) is 107 cm³/mol. The molecule has 0 bridgehead atoms. The summed E-state index contributed by atoms with van der Waals surface area (Å²) >= 11 is 7.41. The van der Waals surface area contributed by atoms with Gasteiger partial charge in [-0.15, -0.1) is 11.3 Å². The van der Waals surface area contributed by atoms with Crippen LogP contribution in [0.2, 0.25) is 5.02 Å². The highest BCUT2D eigenvalue weighted by atomic mass is 35.5. The summed E-state index contributed by atoms with van der Waals surface area (Å²) in [6.07, 6.45) is 2.59. The quantitative estimate of drug-likeness (QED) is 0.632. The summed E-state index contributed by atoms with van der Waals surface area (Å²) in [6, 6.07) is 11.6. The Bertz CT molecular complexity index is 966. The molecule has 1 unspecified atom stereocenters. The van der Waals surface area contributed by atoms with Crippen LogP contribution in [0.15, 0.2) is 53.1 Å². The normalized spacial score (nSPS) is 16.4. The molecule has 0 aliphatic carbocycles. The molecule has 2 aromatic heterocycles. The van der Waals surface area contributed by atoms with Gasteiger partial charge in [0.2, 0.25) is 5.13 Å². The molecule has 1 atom stereocenters. The summed E-state index contributed by atoms with van der Waals surface area (Å²) in [7, 11) is 0. The number of ether oxygens (including phenoxy) is 1. The van der Waals surface area contributed by atoms with Crippen LogP contribution in [0.1, 0.15) is 41.1 Å². The molecule has 1 N–H and O–H groups in total. The Hall–Kier alpha value is -2.64. The second-order valence-electron chi connectivity index (χ2n) is 5.98. The van der Waals surface area contributed by atoms with Gasteiger partial charge in [0.05, 0.1) is 24.1 Å². The molecule has 6 nitrogen and oxygen atoms in total. The van der Waals surface area contributed by atoms with Gasteiger partial charge in [-0.1, -0.05) is 23.7 Å². The molecule has 0 amide bonds. The average Bonchev–Trinajstić information content (AvgIpc) is 3.41. The number of halogens is 1. The Morgan fingerprint density at radius 1 is 1.37 bits per heavy atom. The van der Waals surface area contributed by atoms with Crippen LogP contribution in [-0.2, 0) is 4.74 Å². The van der Waals surface area contributed by atoms with Crippen molar-refractivity contribution in [3.8, 4) is 0 Å². The van der Waals surface area contributed by atoms with Gasteiger partial charge in [0.25, 0.3) is 0 Å². The maximum absolute atomic E-state index is 12.0. The largest absolute Gasteiger partial charge is 0.461 e. The molecule has 1 aromatic carbocycles. The standard InChI is InChI=1S/C19H17ClN4O2S/c1-2-26-18(25)16-11-27-19(22-16)24-17(12-5-7-13(20)8-6-12)10-15(23-24)14-4-3-9-21-14/h3-9,11,17,21H,2,10H2,1H3. The van der Waals surface area contributed by atoms with Gasteiger partial charge in [0, 0.05) is 23.0 Å². The Kier molecular flexibility index (Phi) is 4.96. The fourth-order valence-corrected chi connectivity index (χ4v) is 3.89. The number of nitrogens with one attached hydrogen (secondary N) is 1. The van der Waals surface area contributed by atoms with Crippen molar-refractivity contribution in [1.29, 1.82) is 0 Å². The highest BCUT2D eigenvalue weighted by Gasteiger charge is 2.32. The van der Waals surface area contributed by atoms with Gasteiger partial charge in [-0.25, -0.2) is 14.8 Å². The van der Waals surface area contributed by atoms with Gasteiger partial charge in [0.15, 0.2) is 5.69 Å². The molecule has 3 aromatic rings.